The van der Waals surface area contributed by atoms with Crippen molar-refractivity contribution < 1.29 is 34.1 Å². The van der Waals surface area contributed by atoms with Gasteiger partial charge in [0.05, 0.1) is 17.9 Å². The van der Waals surface area contributed by atoms with Gasteiger partial charge in [0.1, 0.15) is 18.0 Å². The molecule has 0 radical (unpaired) electrons. The minimum absolute atomic E-state index is 0.0550. The van der Waals surface area contributed by atoms with Crippen LogP contribution in [0.5, 0.6) is 5.75 Å². The maximum absolute atomic E-state index is 13.8. The van der Waals surface area contributed by atoms with E-state index in [0.717, 1.165) is 61.2 Å². The average Bonchev–Trinajstić information content (AvgIpc) is 3.59. The van der Waals surface area contributed by atoms with Crippen molar-refractivity contribution in [1.29, 1.82) is 0 Å². The highest BCUT2D eigenvalue weighted by atomic mass is 32.1. The first kappa shape index (κ1) is 36.9. The maximum Gasteiger partial charge on any atom is 0.310 e. The quantitative estimate of drug-likeness (QED) is 0.0510. The van der Waals surface area contributed by atoms with E-state index in [1.54, 1.807) is 13.0 Å². The minimum atomic E-state index is -0.819. The number of carboxylic acids is 1. The molecule has 1 heterocycles. The number of aryl methyl sites for hydroxylation is 1. The third-order valence-corrected chi connectivity index (χ3v) is 10.4. The highest BCUT2D eigenvalue weighted by molar-refractivity contribution is 7.80. The van der Waals surface area contributed by atoms with Gasteiger partial charge in [0, 0.05) is 43.2 Å². The third kappa shape index (κ3) is 10.0. The van der Waals surface area contributed by atoms with Crippen LogP contribution >= 0.6 is 12.6 Å². The molecule has 8 unspecified atom stereocenters. The smallest absolute Gasteiger partial charge is 0.310 e. The van der Waals surface area contributed by atoms with Gasteiger partial charge in [-0.2, -0.15) is 12.6 Å². The summed E-state index contributed by atoms with van der Waals surface area (Å²) < 4.78 is 12.8. The summed E-state index contributed by atoms with van der Waals surface area (Å²) in [6, 6.07) is 6.01. The molecule has 1 aliphatic heterocycles. The summed E-state index contributed by atoms with van der Waals surface area (Å²) in [6.07, 6.45) is 11.9. The van der Waals surface area contributed by atoms with E-state index < -0.39 is 30.0 Å². The lowest BCUT2D eigenvalue weighted by Gasteiger charge is -2.31. The van der Waals surface area contributed by atoms with E-state index in [2.05, 4.69) is 29.8 Å². The lowest BCUT2D eigenvalue weighted by Crippen LogP contribution is -2.41. The normalized spacial score (nSPS) is 26.0. The van der Waals surface area contributed by atoms with Crippen molar-refractivity contribution in [3.8, 4) is 17.6 Å². The molecule has 1 aromatic rings. The van der Waals surface area contributed by atoms with E-state index in [0.29, 0.717) is 45.1 Å². The number of unbranched alkanes of at least 4 members (excludes halogenated alkanes) is 3. The average molecular weight is 668 g/mol. The highest BCUT2D eigenvalue weighted by Gasteiger charge is 2.52. The van der Waals surface area contributed by atoms with Crippen molar-refractivity contribution >= 4 is 30.5 Å². The molecular weight excluding hydrogens is 614 g/mol. The van der Waals surface area contributed by atoms with Crippen LogP contribution in [0.15, 0.2) is 30.4 Å². The molecule has 258 valence electrons. The number of ether oxygens (including phenoxy) is 2. The van der Waals surface area contributed by atoms with Gasteiger partial charge in [0.2, 0.25) is 5.91 Å². The summed E-state index contributed by atoms with van der Waals surface area (Å²) >= 11 is 4.26. The molecule has 1 aromatic carbocycles. The summed E-state index contributed by atoms with van der Waals surface area (Å²) in [6.45, 7) is 4.36. The van der Waals surface area contributed by atoms with Gasteiger partial charge in [0.25, 0.3) is 0 Å². The number of carbonyl (C=O) groups excluding carboxylic acids is 2. The number of rotatable bonds is 17. The van der Waals surface area contributed by atoms with E-state index in [1.165, 1.54) is 0 Å². The monoisotopic (exact) mass is 667 g/mol. The molecule has 0 aromatic heterocycles. The van der Waals surface area contributed by atoms with Crippen LogP contribution in [0.1, 0.15) is 108 Å². The number of hydrogen-bond donors (Lipinski definition) is 4. The van der Waals surface area contributed by atoms with Crippen LogP contribution in [0.25, 0.3) is 0 Å². The third-order valence-electron chi connectivity index (χ3n) is 10.1. The molecule has 3 aliphatic rings. The Morgan fingerprint density at radius 1 is 1.13 bits per heavy atom. The number of benzene rings is 1. The van der Waals surface area contributed by atoms with Crippen molar-refractivity contribution in [1.82, 2.24) is 5.32 Å². The Morgan fingerprint density at radius 2 is 1.89 bits per heavy atom. The van der Waals surface area contributed by atoms with Crippen LogP contribution in [0.3, 0.4) is 0 Å². The first-order chi connectivity index (χ1) is 22.7. The summed E-state index contributed by atoms with van der Waals surface area (Å²) in [5.41, 5.74) is 2.01. The van der Waals surface area contributed by atoms with Crippen LogP contribution in [0.4, 0.5) is 0 Å². The number of nitrogens with one attached hydrogen (secondary N) is 1. The molecule has 2 aliphatic carbocycles. The second-order valence-corrected chi connectivity index (χ2v) is 13.9. The largest absolute Gasteiger partial charge is 0.489 e. The number of amides is 1. The number of thiol groups is 1. The Hall–Kier alpha value is -2.96. The number of hydrogen-bond acceptors (Lipinski definition) is 7. The van der Waals surface area contributed by atoms with E-state index >= 15 is 0 Å². The van der Waals surface area contributed by atoms with Crippen molar-refractivity contribution in [3.05, 3.63) is 41.5 Å². The predicted molar refractivity (Wildman–Crippen MR) is 185 cm³/mol. The van der Waals surface area contributed by atoms with Gasteiger partial charge < -0.3 is 25.0 Å². The minimum Gasteiger partial charge on any atom is -0.489 e. The molecule has 8 atom stereocenters. The van der Waals surface area contributed by atoms with Crippen LogP contribution in [0, 0.1) is 35.5 Å². The molecule has 2 fully saturated rings. The fraction of sp³-hybridized carbons (Fsp3) is 0.658. The molecule has 0 saturated heterocycles. The number of aliphatic carboxylic acids is 1. The number of carbonyl (C=O) groups is 3. The first-order valence-electron chi connectivity index (χ1n) is 17.6. The van der Waals surface area contributed by atoms with Crippen LogP contribution in [-0.4, -0.2) is 58.7 Å². The second-order valence-electron chi connectivity index (χ2n) is 13.5. The number of esters is 1. The zero-order valence-corrected chi connectivity index (χ0v) is 28.9. The number of para-hydroxylation sites is 1. The van der Waals surface area contributed by atoms with Crippen molar-refractivity contribution in [2.45, 2.75) is 122 Å². The van der Waals surface area contributed by atoms with E-state index in [9.17, 15) is 19.5 Å². The van der Waals surface area contributed by atoms with Gasteiger partial charge in [0.15, 0.2) is 0 Å². The van der Waals surface area contributed by atoms with Gasteiger partial charge in [-0.05, 0) is 62.7 Å². The number of fused-ring (bicyclic) bond motifs is 3. The predicted octanol–water partition coefficient (Wildman–Crippen LogP) is 6.25. The van der Waals surface area contributed by atoms with Gasteiger partial charge in [-0.3, -0.25) is 14.4 Å². The lowest BCUT2D eigenvalue weighted by atomic mass is 9.78. The van der Waals surface area contributed by atoms with Crippen molar-refractivity contribution in [2.75, 3.05) is 12.3 Å². The summed E-state index contributed by atoms with van der Waals surface area (Å²) in [7, 11) is 0. The van der Waals surface area contributed by atoms with Crippen LogP contribution in [-0.2, 0) is 25.5 Å². The van der Waals surface area contributed by atoms with E-state index in [4.69, 9.17) is 14.6 Å². The Labute approximate surface area is 285 Å². The SMILES string of the molecule is CC#CCC(C)C(O)C=CC1C(OC(=O)C2CCCCC2C(=O)NCCCCCCS)CC2Oc3c(CCCC(=O)O)cccc3C21. The van der Waals surface area contributed by atoms with E-state index in [1.807, 2.05) is 31.2 Å². The molecular formula is C38H53NO7S. The topological polar surface area (TPSA) is 122 Å². The standard InChI is InChI=1S/C38H53NO7S/c1-3-4-13-25(2)31(40)21-20-29-32(24-33-35(29)30-18-11-14-26(36(30)45-33)15-12-19-34(41)42)46-38(44)28-17-8-7-16-27(28)37(43)39-22-9-5-6-10-23-47/h11,14,18,20-21,25,27-29,31-33,35,40,47H,5-10,12-13,15-17,19,22-24H2,1-2H3,(H,39,43)(H,41,42). The second kappa shape index (κ2) is 18.5. The van der Waals surface area contributed by atoms with Crippen molar-refractivity contribution in [2.24, 2.45) is 23.7 Å². The molecule has 0 bridgehead atoms. The molecule has 2 saturated carbocycles. The zero-order chi connectivity index (χ0) is 33.8. The fourth-order valence-electron chi connectivity index (χ4n) is 7.41. The summed E-state index contributed by atoms with van der Waals surface area (Å²) in [4.78, 5) is 38.2. The molecule has 3 N–H and O–H groups in total. The fourth-order valence-corrected chi connectivity index (χ4v) is 7.64. The molecule has 8 nitrogen and oxygen atoms in total. The molecule has 0 spiro atoms. The lowest BCUT2D eigenvalue weighted by molar-refractivity contribution is -0.161. The maximum atomic E-state index is 13.8. The highest BCUT2D eigenvalue weighted by Crippen LogP contribution is 2.53. The Morgan fingerprint density at radius 3 is 2.64 bits per heavy atom. The zero-order valence-electron chi connectivity index (χ0n) is 28.0. The summed E-state index contributed by atoms with van der Waals surface area (Å²) in [5.74, 6) is 5.17. The Bertz CT molecular complexity index is 1300. The Balaban J connectivity index is 1.50. The van der Waals surface area contributed by atoms with Gasteiger partial charge in [-0.1, -0.05) is 63.0 Å². The van der Waals surface area contributed by atoms with E-state index in [-0.39, 0.29) is 42.2 Å². The molecule has 9 heteroatoms. The summed E-state index contributed by atoms with van der Waals surface area (Å²) in [5, 5.41) is 23.1. The number of aliphatic hydroxyl groups is 1. The van der Waals surface area contributed by atoms with Gasteiger partial charge >= 0.3 is 11.9 Å². The van der Waals surface area contributed by atoms with Gasteiger partial charge in [-0.15, -0.1) is 11.8 Å². The Kier molecular flexibility index (Phi) is 14.5. The molecule has 4 rings (SSSR count). The van der Waals surface area contributed by atoms with Crippen LogP contribution in [0.2, 0.25) is 0 Å². The van der Waals surface area contributed by atoms with Crippen molar-refractivity contribution in [3.63, 3.8) is 0 Å². The first-order valence-corrected chi connectivity index (χ1v) is 18.2. The number of aliphatic hydroxyl groups excluding tert-OH is 1. The van der Waals surface area contributed by atoms with Crippen LogP contribution < -0.4 is 10.1 Å². The number of carboxylic acid groups (broad SMARTS) is 1. The van der Waals surface area contributed by atoms with Gasteiger partial charge in [-0.25, -0.2) is 0 Å². The molecule has 1 amide bonds. The molecule has 47 heavy (non-hydrogen) atoms.